The third-order valence-electron chi connectivity index (χ3n) is 4.21. The fourth-order valence-electron chi connectivity index (χ4n) is 1.97. The zero-order valence-corrected chi connectivity index (χ0v) is 17.6. The van der Waals surface area contributed by atoms with E-state index in [1.165, 1.54) is 0 Å². The summed E-state index contributed by atoms with van der Waals surface area (Å²) in [6.07, 6.45) is -0.565. The van der Waals surface area contributed by atoms with Crippen LogP contribution in [0, 0.1) is 5.92 Å². The molecule has 0 radical (unpaired) electrons. The molecule has 0 fully saturated rings. The first-order valence-corrected chi connectivity index (χ1v) is 9.78. The summed E-state index contributed by atoms with van der Waals surface area (Å²) < 4.78 is 36.0. The van der Waals surface area contributed by atoms with Gasteiger partial charge in [0.1, 0.15) is 6.17 Å². The van der Waals surface area contributed by atoms with Crippen molar-refractivity contribution in [2.75, 3.05) is 66.4 Å². The average Bonchev–Trinajstić information content (AvgIpc) is 2.65. The van der Waals surface area contributed by atoms with Gasteiger partial charge >= 0.3 is 0 Å². The van der Waals surface area contributed by atoms with Crippen LogP contribution in [0.25, 0.3) is 0 Å². The molecule has 2 atom stereocenters. The number of likely N-dealkylation sites (N-methyl/N-ethyl adjacent to an activating group) is 1. The molecule has 0 aromatic carbocycles. The first-order valence-electron chi connectivity index (χ1n) is 9.78. The summed E-state index contributed by atoms with van der Waals surface area (Å²) in [6, 6.07) is 0. The number of hydrogen-bond donors (Lipinski definition) is 2. The van der Waals surface area contributed by atoms with Crippen LogP contribution in [0.3, 0.4) is 0 Å². The molecule has 0 aliphatic carbocycles. The Morgan fingerprint density at radius 2 is 1.52 bits per heavy atom. The molecule has 7 nitrogen and oxygen atoms in total. The summed E-state index contributed by atoms with van der Waals surface area (Å²) in [7, 11) is 1.88. The molecule has 0 bridgehead atoms. The van der Waals surface area contributed by atoms with Crippen molar-refractivity contribution < 1.29 is 28.1 Å². The Labute approximate surface area is 163 Å². The molecule has 0 saturated heterocycles. The van der Waals surface area contributed by atoms with E-state index in [-0.39, 0.29) is 25.0 Å². The number of amides is 1. The van der Waals surface area contributed by atoms with Gasteiger partial charge in [-0.3, -0.25) is 4.79 Å². The van der Waals surface area contributed by atoms with Crippen LogP contribution in [0.1, 0.15) is 34.1 Å². The minimum Gasteiger partial charge on any atom is -0.378 e. The maximum atomic E-state index is 14.3. The second kappa shape index (κ2) is 16.2. The predicted molar refractivity (Wildman–Crippen MR) is 104 cm³/mol. The second-order valence-electron chi connectivity index (χ2n) is 6.91. The second-order valence-corrected chi connectivity index (χ2v) is 6.91. The Hall–Kier alpha value is -0.800. The number of alkyl halides is 1. The lowest BCUT2D eigenvalue weighted by atomic mass is 10.0. The smallest absolute Gasteiger partial charge is 0.222 e. The van der Waals surface area contributed by atoms with Crippen molar-refractivity contribution in [3.63, 3.8) is 0 Å². The topological polar surface area (TPSA) is 78.1 Å². The minimum atomic E-state index is -1.29. The van der Waals surface area contributed by atoms with Gasteiger partial charge in [-0.25, -0.2) is 4.39 Å². The normalized spacial score (nSPS) is 14.1. The van der Waals surface area contributed by atoms with E-state index in [2.05, 4.69) is 10.6 Å². The highest BCUT2D eigenvalue weighted by molar-refractivity contribution is 5.78. The molecule has 0 aromatic rings. The van der Waals surface area contributed by atoms with Gasteiger partial charge in [-0.05, 0) is 27.3 Å². The SMILES string of the molecule is CCC(C)C(=O)NCC(F)C(C)(C)OCCOCCOCCOCCNC. The van der Waals surface area contributed by atoms with Crippen molar-refractivity contribution in [3.8, 4) is 0 Å². The average molecular weight is 395 g/mol. The third-order valence-corrected chi connectivity index (χ3v) is 4.21. The highest BCUT2D eigenvalue weighted by Gasteiger charge is 2.31. The Kier molecular flexibility index (Phi) is 15.7. The van der Waals surface area contributed by atoms with Crippen molar-refractivity contribution in [1.29, 1.82) is 0 Å². The fourth-order valence-corrected chi connectivity index (χ4v) is 1.97. The van der Waals surface area contributed by atoms with Crippen LogP contribution in [-0.4, -0.2) is 84.1 Å². The van der Waals surface area contributed by atoms with Gasteiger partial charge in [0, 0.05) is 12.5 Å². The molecule has 162 valence electrons. The molecule has 0 aliphatic rings. The van der Waals surface area contributed by atoms with Gasteiger partial charge in [-0.2, -0.15) is 0 Å². The molecule has 27 heavy (non-hydrogen) atoms. The molecular weight excluding hydrogens is 355 g/mol. The summed E-state index contributed by atoms with van der Waals surface area (Å²) in [4.78, 5) is 11.7. The Bertz CT molecular complexity index is 372. The number of rotatable bonds is 18. The predicted octanol–water partition coefficient (Wildman–Crippen LogP) is 1.55. The third kappa shape index (κ3) is 13.9. The maximum absolute atomic E-state index is 14.3. The van der Waals surface area contributed by atoms with Gasteiger partial charge in [-0.15, -0.1) is 0 Å². The highest BCUT2D eigenvalue weighted by Crippen LogP contribution is 2.17. The molecule has 2 N–H and O–H groups in total. The van der Waals surface area contributed by atoms with Crippen molar-refractivity contribution in [1.82, 2.24) is 10.6 Å². The first-order chi connectivity index (χ1) is 12.8. The van der Waals surface area contributed by atoms with Crippen LogP contribution in [0.4, 0.5) is 4.39 Å². The number of carbonyl (C=O) groups excluding carboxylic acids is 1. The number of halogens is 1. The van der Waals surface area contributed by atoms with Crippen LogP contribution in [0.15, 0.2) is 0 Å². The summed E-state index contributed by atoms with van der Waals surface area (Å²) in [6.45, 7) is 11.2. The summed E-state index contributed by atoms with van der Waals surface area (Å²) in [5.41, 5.74) is -0.993. The first kappa shape index (κ1) is 26.2. The zero-order chi connectivity index (χ0) is 20.5. The molecule has 2 unspecified atom stereocenters. The van der Waals surface area contributed by atoms with E-state index in [1.807, 2.05) is 20.9 Å². The van der Waals surface area contributed by atoms with Crippen molar-refractivity contribution in [2.45, 2.75) is 45.9 Å². The highest BCUT2D eigenvalue weighted by atomic mass is 19.1. The number of hydrogen-bond acceptors (Lipinski definition) is 6. The monoisotopic (exact) mass is 394 g/mol. The lowest BCUT2D eigenvalue weighted by molar-refractivity contribution is -0.126. The van der Waals surface area contributed by atoms with E-state index in [4.69, 9.17) is 18.9 Å². The fraction of sp³-hybridized carbons (Fsp3) is 0.947. The Balaban J connectivity index is 3.64. The van der Waals surface area contributed by atoms with Crippen LogP contribution in [0.2, 0.25) is 0 Å². The summed E-state index contributed by atoms with van der Waals surface area (Å²) >= 11 is 0. The van der Waals surface area contributed by atoms with Gasteiger partial charge in [0.2, 0.25) is 5.91 Å². The minimum absolute atomic E-state index is 0.0543. The van der Waals surface area contributed by atoms with Crippen LogP contribution < -0.4 is 10.6 Å². The van der Waals surface area contributed by atoms with Crippen molar-refractivity contribution in [2.24, 2.45) is 5.92 Å². The van der Waals surface area contributed by atoms with Crippen LogP contribution in [0.5, 0.6) is 0 Å². The van der Waals surface area contributed by atoms with E-state index in [0.717, 1.165) is 13.0 Å². The van der Waals surface area contributed by atoms with Gasteiger partial charge < -0.3 is 29.6 Å². The van der Waals surface area contributed by atoms with E-state index in [9.17, 15) is 9.18 Å². The van der Waals surface area contributed by atoms with E-state index in [1.54, 1.807) is 13.8 Å². The van der Waals surface area contributed by atoms with E-state index >= 15 is 0 Å². The van der Waals surface area contributed by atoms with Gasteiger partial charge in [0.05, 0.1) is 58.4 Å². The summed E-state index contributed by atoms with van der Waals surface area (Å²) in [5.74, 6) is -0.247. The van der Waals surface area contributed by atoms with Gasteiger partial charge in [0.25, 0.3) is 0 Å². The number of carbonyl (C=O) groups is 1. The number of nitrogens with one attached hydrogen (secondary N) is 2. The lowest BCUT2D eigenvalue weighted by Crippen LogP contribution is -2.45. The molecule has 1 amide bonds. The molecule has 0 heterocycles. The zero-order valence-electron chi connectivity index (χ0n) is 17.6. The lowest BCUT2D eigenvalue weighted by Gasteiger charge is -2.29. The quantitative estimate of drug-likeness (QED) is 0.344. The molecular formula is C19H39FN2O5. The van der Waals surface area contributed by atoms with Crippen molar-refractivity contribution >= 4 is 5.91 Å². The van der Waals surface area contributed by atoms with Crippen molar-refractivity contribution in [3.05, 3.63) is 0 Å². The molecule has 0 aliphatic heterocycles. The van der Waals surface area contributed by atoms with E-state index < -0.39 is 11.8 Å². The van der Waals surface area contributed by atoms with Crippen LogP contribution >= 0.6 is 0 Å². The van der Waals surface area contributed by atoms with E-state index in [0.29, 0.717) is 39.6 Å². The number of ether oxygens (including phenoxy) is 4. The molecule has 0 spiro atoms. The molecule has 0 rings (SSSR count). The van der Waals surface area contributed by atoms with Gasteiger partial charge in [0.15, 0.2) is 0 Å². The molecule has 0 aromatic heterocycles. The standard InChI is InChI=1S/C19H39FN2O5/c1-6-16(2)18(23)22-15-17(20)19(3,4)27-14-13-26-12-11-25-10-9-24-8-7-21-5/h16-17,21H,6-15H2,1-5H3,(H,22,23). The molecule has 8 heteroatoms. The Morgan fingerprint density at radius 1 is 1.00 bits per heavy atom. The largest absolute Gasteiger partial charge is 0.378 e. The Morgan fingerprint density at radius 3 is 2.04 bits per heavy atom. The maximum Gasteiger partial charge on any atom is 0.222 e. The summed E-state index contributed by atoms with van der Waals surface area (Å²) in [5, 5.41) is 5.62. The molecule has 0 saturated carbocycles. The van der Waals surface area contributed by atoms with Gasteiger partial charge in [-0.1, -0.05) is 13.8 Å². The van der Waals surface area contributed by atoms with Crippen LogP contribution in [-0.2, 0) is 23.7 Å².